The third-order valence-corrected chi connectivity index (χ3v) is 6.72. The van der Waals surface area contributed by atoms with E-state index in [4.69, 9.17) is 5.73 Å². The zero-order valence-corrected chi connectivity index (χ0v) is 19.5. The number of rotatable bonds is 9. The number of hydrogen-bond acceptors (Lipinski definition) is 3. The lowest BCUT2D eigenvalue weighted by molar-refractivity contribution is -0.187. The van der Waals surface area contributed by atoms with Gasteiger partial charge in [0, 0.05) is 31.8 Å². The predicted molar refractivity (Wildman–Crippen MR) is 127 cm³/mol. The molecule has 2 aromatic carbocycles. The summed E-state index contributed by atoms with van der Waals surface area (Å²) in [4.78, 5) is 27.8. The minimum absolute atomic E-state index is 0.127. The highest BCUT2D eigenvalue weighted by molar-refractivity contribution is 5.88. The van der Waals surface area contributed by atoms with E-state index >= 15 is 0 Å². The van der Waals surface area contributed by atoms with Gasteiger partial charge in [0.25, 0.3) is 0 Å². The van der Waals surface area contributed by atoms with Crippen molar-refractivity contribution in [2.24, 2.45) is 11.7 Å². The molecule has 1 aliphatic heterocycles. The minimum Gasteiger partial charge on any atom is -0.330 e. The number of carbonyl (C=O) groups is 2. The van der Waals surface area contributed by atoms with Gasteiger partial charge in [-0.3, -0.25) is 9.59 Å². The van der Waals surface area contributed by atoms with E-state index in [9.17, 15) is 22.8 Å². The van der Waals surface area contributed by atoms with E-state index in [-0.39, 0.29) is 24.8 Å². The molecule has 0 aromatic heterocycles. The lowest BCUT2D eigenvalue weighted by Crippen LogP contribution is -2.51. The second-order valence-corrected chi connectivity index (χ2v) is 9.37. The lowest BCUT2D eigenvalue weighted by Gasteiger charge is -2.33. The minimum atomic E-state index is -5.03. The summed E-state index contributed by atoms with van der Waals surface area (Å²) >= 11 is 0. The molecule has 2 aliphatic rings. The van der Waals surface area contributed by atoms with Gasteiger partial charge < -0.3 is 15.5 Å². The monoisotopic (exact) mass is 485 g/mol. The van der Waals surface area contributed by atoms with Gasteiger partial charge in [-0.1, -0.05) is 60.7 Å². The number of halogens is 3. The maximum absolute atomic E-state index is 13.6. The SMILES string of the molecule is N[C@H](CN(C(=O)C(F)(F)F)[C@H](/C=C/C(=O)N1Cc2ccccc2C1)CCc1ccccc1)C1CC1. The van der Waals surface area contributed by atoms with Gasteiger partial charge in [0.2, 0.25) is 5.91 Å². The Morgan fingerprint density at radius 1 is 1.03 bits per heavy atom. The highest BCUT2D eigenvalue weighted by Gasteiger charge is 2.45. The molecule has 8 heteroatoms. The molecular weight excluding hydrogens is 455 g/mol. The number of carbonyl (C=O) groups excluding carboxylic acids is 2. The molecule has 186 valence electrons. The van der Waals surface area contributed by atoms with Crippen molar-refractivity contribution in [1.29, 1.82) is 0 Å². The summed E-state index contributed by atoms with van der Waals surface area (Å²) in [6, 6.07) is 15.6. The molecule has 1 saturated carbocycles. The number of alkyl halides is 3. The second-order valence-electron chi connectivity index (χ2n) is 9.37. The Hall–Kier alpha value is -3.13. The first-order chi connectivity index (χ1) is 16.7. The van der Waals surface area contributed by atoms with Gasteiger partial charge in [0.1, 0.15) is 0 Å². The maximum Gasteiger partial charge on any atom is 0.471 e. The number of nitrogens with zero attached hydrogens (tertiary/aromatic N) is 2. The van der Waals surface area contributed by atoms with Crippen molar-refractivity contribution >= 4 is 11.8 Å². The van der Waals surface area contributed by atoms with E-state index in [1.165, 1.54) is 12.2 Å². The first-order valence-electron chi connectivity index (χ1n) is 11.9. The van der Waals surface area contributed by atoms with Crippen LogP contribution >= 0.6 is 0 Å². The van der Waals surface area contributed by atoms with Gasteiger partial charge >= 0.3 is 12.1 Å². The molecular formula is C27H30F3N3O2. The molecule has 0 saturated heterocycles. The van der Waals surface area contributed by atoms with E-state index in [0.29, 0.717) is 19.5 Å². The molecule has 0 spiro atoms. The summed E-state index contributed by atoms with van der Waals surface area (Å²) in [5.74, 6) is -2.09. The first-order valence-corrected chi connectivity index (χ1v) is 11.9. The highest BCUT2D eigenvalue weighted by Crippen LogP contribution is 2.33. The number of nitrogens with two attached hydrogens (primary N) is 1. The van der Waals surface area contributed by atoms with Crippen molar-refractivity contribution < 1.29 is 22.8 Å². The molecule has 0 unspecified atom stereocenters. The quantitative estimate of drug-likeness (QED) is 0.541. The molecule has 1 heterocycles. The Morgan fingerprint density at radius 2 is 1.63 bits per heavy atom. The van der Waals surface area contributed by atoms with E-state index in [2.05, 4.69) is 0 Å². The van der Waals surface area contributed by atoms with Crippen LogP contribution in [-0.2, 0) is 29.1 Å². The number of benzene rings is 2. The molecule has 0 radical (unpaired) electrons. The molecule has 2 aromatic rings. The summed E-state index contributed by atoms with van der Waals surface area (Å²) in [6.07, 6.45) is 0.134. The van der Waals surface area contributed by atoms with Gasteiger partial charge in [-0.15, -0.1) is 0 Å². The van der Waals surface area contributed by atoms with Gasteiger partial charge in [0.15, 0.2) is 0 Å². The van der Waals surface area contributed by atoms with Crippen LogP contribution in [0.5, 0.6) is 0 Å². The largest absolute Gasteiger partial charge is 0.471 e. The van der Waals surface area contributed by atoms with Crippen LogP contribution in [0.25, 0.3) is 0 Å². The van der Waals surface area contributed by atoms with Gasteiger partial charge in [-0.2, -0.15) is 13.2 Å². The Morgan fingerprint density at radius 3 is 2.20 bits per heavy atom. The van der Waals surface area contributed by atoms with E-state index in [1.807, 2.05) is 54.6 Å². The van der Waals surface area contributed by atoms with Crippen LogP contribution in [0.3, 0.4) is 0 Å². The average Bonchev–Trinajstić information content (AvgIpc) is 3.60. The summed E-state index contributed by atoms with van der Waals surface area (Å²) in [5.41, 5.74) is 9.20. The van der Waals surface area contributed by atoms with Gasteiger partial charge in [-0.05, 0) is 48.3 Å². The normalized spacial score (nSPS) is 17.3. The molecule has 1 aliphatic carbocycles. The summed E-state index contributed by atoms with van der Waals surface area (Å²) < 4.78 is 40.7. The van der Waals surface area contributed by atoms with Crippen LogP contribution in [0.2, 0.25) is 0 Å². The molecule has 2 atom stereocenters. The lowest BCUT2D eigenvalue weighted by atomic mass is 10.0. The molecule has 1 fully saturated rings. The Labute approximate surface area is 203 Å². The third kappa shape index (κ3) is 6.51. The third-order valence-electron chi connectivity index (χ3n) is 6.72. The fraction of sp³-hybridized carbons (Fsp3) is 0.407. The van der Waals surface area contributed by atoms with Crippen molar-refractivity contribution in [2.45, 2.75) is 57.0 Å². The summed E-state index contributed by atoms with van der Waals surface area (Å²) in [6.45, 7) is 0.702. The number of amides is 2. The van der Waals surface area contributed by atoms with Crippen LogP contribution in [-0.4, -0.2) is 46.4 Å². The molecule has 2 amide bonds. The van der Waals surface area contributed by atoms with Crippen LogP contribution < -0.4 is 5.73 Å². The van der Waals surface area contributed by atoms with Crippen molar-refractivity contribution in [3.8, 4) is 0 Å². The fourth-order valence-corrected chi connectivity index (χ4v) is 4.54. The van der Waals surface area contributed by atoms with E-state index < -0.39 is 24.2 Å². The average molecular weight is 486 g/mol. The molecule has 0 bridgehead atoms. The first kappa shape index (κ1) is 25.0. The molecule has 5 nitrogen and oxygen atoms in total. The fourth-order valence-electron chi connectivity index (χ4n) is 4.54. The highest BCUT2D eigenvalue weighted by atomic mass is 19.4. The predicted octanol–water partition coefficient (Wildman–Crippen LogP) is 4.21. The Balaban J connectivity index is 1.54. The summed E-state index contributed by atoms with van der Waals surface area (Å²) in [7, 11) is 0. The van der Waals surface area contributed by atoms with Crippen molar-refractivity contribution in [1.82, 2.24) is 9.80 Å². The number of aryl methyl sites for hydroxylation is 1. The van der Waals surface area contributed by atoms with Gasteiger partial charge in [0.05, 0.1) is 6.04 Å². The maximum atomic E-state index is 13.6. The van der Waals surface area contributed by atoms with Gasteiger partial charge in [-0.25, -0.2) is 0 Å². The number of fused-ring (bicyclic) bond motifs is 1. The molecule has 4 rings (SSSR count). The number of hydrogen-bond donors (Lipinski definition) is 1. The zero-order valence-electron chi connectivity index (χ0n) is 19.5. The van der Waals surface area contributed by atoms with Crippen LogP contribution in [0, 0.1) is 5.92 Å². The van der Waals surface area contributed by atoms with Crippen LogP contribution in [0.1, 0.15) is 36.0 Å². The smallest absolute Gasteiger partial charge is 0.330 e. The molecule has 2 N–H and O–H groups in total. The van der Waals surface area contributed by atoms with Crippen molar-refractivity contribution in [3.05, 3.63) is 83.4 Å². The van der Waals surface area contributed by atoms with E-state index in [1.54, 1.807) is 4.90 Å². The Bertz CT molecular complexity index is 1040. The Kier molecular flexibility index (Phi) is 7.60. The van der Waals surface area contributed by atoms with Crippen LogP contribution in [0.4, 0.5) is 13.2 Å². The van der Waals surface area contributed by atoms with Crippen LogP contribution in [0.15, 0.2) is 66.7 Å². The molecule has 35 heavy (non-hydrogen) atoms. The van der Waals surface area contributed by atoms with Crippen molar-refractivity contribution in [2.75, 3.05) is 6.54 Å². The topological polar surface area (TPSA) is 66.6 Å². The second kappa shape index (κ2) is 10.6. The van der Waals surface area contributed by atoms with E-state index in [0.717, 1.165) is 34.4 Å². The van der Waals surface area contributed by atoms with Crippen molar-refractivity contribution in [3.63, 3.8) is 0 Å². The summed E-state index contributed by atoms with van der Waals surface area (Å²) in [5, 5.41) is 0. The standard InChI is InChI=1S/C27H30F3N3O2/c28-27(29,30)26(35)33(18-24(31)20-11-12-20)23(13-10-19-6-2-1-3-7-19)14-15-25(34)32-16-21-8-4-5-9-22(21)17-32/h1-9,14-15,20,23-24H,10-13,16-18,31H2/b15-14+/t23-,24+/m0/s1. The zero-order chi connectivity index (χ0) is 25.0.